The highest BCUT2D eigenvalue weighted by molar-refractivity contribution is 5.82. The number of para-hydroxylation sites is 1. The monoisotopic (exact) mass is 318 g/mol. The van der Waals surface area contributed by atoms with Gasteiger partial charge in [-0.25, -0.2) is 0 Å². The topological polar surface area (TPSA) is 53.0 Å². The van der Waals surface area contributed by atoms with E-state index in [4.69, 9.17) is 9.84 Å². The summed E-state index contributed by atoms with van der Waals surface area (Å²) >= 11 is 0. The van der Waals surface area contributed by atoms with Crippen LogP contribution in [0.5, 0.6) is 5.75 Å². The molecular weight excluding hydrogens is 292 g/mol. The van der Waals surface area contributed by atoms with Crippen LogP contribution in [0.15, 0.2) is 24.3 Å². The summed E-state index contributed by atoms with van der Waals surface area (Å²) in [5.41, 5.74) is 1.13. The number of amides is 1. The highest BCUT2D eigenvalue weighted by atomic mass is 16.5. The zero-order valence-corrected chi connectivity index (χ0v) is 13.8. The maximum atomic E-state index is 12.7. The molecule has 5 heteroatoms. The van der Waals surface area contributed by atoms with E-state index in [0.717, 1.165) is 50.2 Å². The number of benzene rings is 1. The third-order valence-electron chi connectivity index (χ3n) is 4.99. The molecule has 0 aromatic heterocycles. The van der Waals surface area contributed by atoms with Crippen LogP contribution < -0.4 is 4.74 Å². The van der Waals surface area contributed by atoms with Crippen molar-refractivity contribution in [3.63, 3.8) is 0 Å². The predicted octanol–water partition coefficient (Wildman–Crippen LogP) is 1.30. The van der Waals surface area contributed by atoms with Gasteiger partial charge in [0.25, 0.3) is 5.91 Å². The number of aliphatic hydroxyl groups excluding tert-OH is 1. The number of carbonyl (C=O) groups is 1. The first-order chi connectivity index (χ1) is 11.2. The number of fused-ring (bicyclic) bond motifs is 1. The third-order valence-corrected chi connectivity index (χ3v) is 4.99. The molecule has 0 aliphatic carbocycles. The van der Waals surface area contributed by atoms with Gasteiger partial charge in [-0.2, -0.15) is 0 Å². The molecular formula is C18H26N2O3. The van der Waals surface area contributed by atoms with Crippen molar-refractivity contribution in [1.82, 2.24) is 9.80 Å². The van der Waals surface area contributed by atoms with E-state index in [0.29, 0.717) is 12.5 Å². The summed E-state index contributed by atoms with van der Waals surface area (Å²) < 4.78 is 5.82. The maximum absolute atomic E-state index is 12.7. The number of carbonyl (C=O) groups excluding carboxylic acids is 1. The second-order valence-corrected chi connectivity index (χ2v) is 6.53. The first-order valence-electron chi connectivity index (χ1n) is 8.53. The lowest BCUT2D eigenvalue weighted by Gasteiger charge is -2.37. The molecule has 1 aromatic carbocycles. The van der Waals surface area contributed by atoms with Gasteiger partial charge in [-0.3, -0.25) is 4.79 Å². The fourth-order valence-corrected chi connectivity index (χ4v) is 3.55. The molecule has 2 aliphatic rings. The van der Waals surface area contributed by atoms with Gasteiger partial charge < -0.3 is 19.6 Å². The average Bonchev–Trinajstić information content (AvgIpc) is 3.03. The molecule has 2 heterocycles. The molecule has 0 saturated carbocycles. The summed E-state index contributed by atoms with van der Waals surface area (Å²) in [6.45, 7) is 2.74. The van der Waals surface area contributed by atoms with E-state index < -0.39 is 0 Å². The number of piperidine rings is 1. The minimum absolute atomic E-state index is 0.123. The van der Waals surface area contributed by atoms with Gasteiger partial charge in [0.1, 0.15) is 5.75 Å². The van der Waals surface area contributed by atoms with Gasteiger partial charge in [0, 0.05) is 38.7 Å². The summed E-state index contributed by atoms with van der Waals surface area (Å²) in [7, 11) is 2.11. The second kappa shape index (κ2) is 7.32. The Morgan fingerprint density at radius 1 is 1.35 bits per heavy atom. The lowest BCUT2D eigenvalue weighted by Crippen LogP contribution is -2.49. The van der Waals surface area contributed by atoms with Crippen LogP contribution in [0.1, 0.15) is 24.8 Å². The molecule has 1 aromatic rings. The molecule has 3 rings (SSSR count). The second-order valence-electron chi connectivity index (χ2n) is 6.53. The number of hydrogen-bond acceptors (Lipinski definition) is 4. The van der Waals surface area contributed by atoms with Crippen molar-refractivity contribution < 1.29 is 14.6 Å². The van der Waals surface area contributed by atoms with E-state index in [1.54, 1.807) is 0 Å². The zero-order valence-electron chi connectivity index (χ0n) is 13.8. The van der Waals surface area contributed by atoms with E-state index in [1.165, 1.54) is 0 Å². The number of hydrogen-bond donors (Lipinski definition) is 1. The van der Waals surface area contributed by atoms with Crippen LogP contribution in [0.2, 0.25) is 0 Å². The summed E-state index contributed by atoms with van der Waals surface area (Å²) in [4.78, 5) is 16.9. The molecule has 126 valence electrons. The minimum atomic E-state index is -0.351. The molecule has 1 amide bonds. The normalized spacial score (nSPS) is 21.3. The van der Waals surface area contributed by atoms with Crippen LogP contribution in [-0.4, -0.2) is 66.2 Å². The average molecular weight is 318 g/mol. The van der Waals surface area contributed by atoms with Crippen LogP contribution in [-0.2, 0) is 11.2 Å². The fraction of sp³-hybridized carbons (Fsp3) is 0.611. The third kappa shape index (κ3) is 3.67. The number of aliphatic hydroxyl groups is 1. The van der Waals surface area contributed by atoms with Crippen molar-refractivity contribution >= 4 is 5.91 Å². The van der Waals surface area contributed by atoms with Gasteiger partial charge in [-0.1, -0.05) is 18.2 Å². The van der Waals surface area contributed by atoms with Crippen molar-refractivity contribution in [2.24, 2.45) is 0 Å². The lowest BCUT2D eigenvalue weighted by atomic mass is 10.0. The van der Waals surface area contributed by atoms with Crippen LogP contribution in [0.3, 0.4) is 0 Å². The molecule has 23 heavy (non-hydrogen) atoms. The van der Waals surface area contributed by atoms with E-state index in [-0.39, 0.29) is 18.6 Å². The Bertz CT molecular complexity index is 516. The molecule has 1 N–H and O–H groups in total. The highest BCUT2D eigenvalue weighted by Crippen LogP contribution is 2.29. The SMILES string of the molecule is CN(CCCO)C1CCN(C(=O)C2Cc3ccccc3O2)CC1. The molecule has 1 saturated heterocycles. The molecule has 1 atom stereocenters. The van der Waals surface area contributed by atoms with Gasteiger partial charge in [0.15, 0.2) is 6.10 Å². The van der Waals surface area contributed by atoms with Crippen molar-refractivity contribution in [2.75, 3.05) is 33.3 Å². The number of rotatable bonds is 5. The Balaban J connectivity index is 1.50. The van der Waals surface area contributed by atoms with Crippen molar-refractivity contribution in [1.29, 1.82) is 0 Å². The smallest absolute Gasteiger partial charge is 0.263 e. The Hall–Kier alpha value is -1.59. The summed E-state index contributed by atoms with van der Waals surface area (Å²) in [6, 6.07) is 8.41. The summed E-state index contributed by atoms with van der Waals surface area (Å²) in [5, 5.41) is 8.93. The minimum Gasteiger partial charge on any atom is -0.480 e. The van der Waals surface area contributed by atoms with Gasteiger partial charge in [0.05, 0.1) is 0 Å². The van der Waals surface area contributed by atoms with Gasteiger partial charge in [-0.05, 0) is 37.9 Å². The Labute approximate surface area is 137 Å². The van der Waals surface area contributed by atoms with E-state index in [1.807, 2.05) is 29.2 Å². The van der Waals surface area contributed by atoms with Crippen molar-refractivity contribution in [2.45, 2.75) is 37.8 Å². The quantitative estimate of drug-likeness (QED) is 0.889. The summed E-state index contributed by atoms with van der Waals surface area (Å²) in [5.74, 6) is 0.974. The maximum Gasteiger partial charge on any atom is 0.263 e. The number of ether oxygens (including phenoxy) is 1. The molecule has 5 nitrogen and oxygen atoms in total. The molecule has 0 radical (unpaired) electrons. The van der Waals surface area contributed by atoms with Crippen molar-refractivity contribution in [3.05, 3.63) is 29.8 Å². The molecule has 2 aliphatic heterocycles. The van der Waals surface area contributed by atoms with Gasteiger partial charge in [0.2, 0.25) is 0 Å². The van der Waals surface area contributed by atoms with Gasteiger partial charge >= 0.3 is 0 Å². The van der Waals surface area contributed by atoms with Gasteiger partial charge in [-0.15, -0.1) is 0 Å². The fourth-order valence-electron chi connectivity index (χ4n) is 3.55. The Morgan fingerprint density at radius 2 is 2.09 bits per heavy atom. The predicted molar refractivity (Wildman–Crippen MR) is 88.5 cm³/mol. The molecule has 0 bridgehead atoms. The molecule has 0 spiro atoms. The zero-order chi connectivity index (χ0) is 16.2. The lowest BCUT2D eigenvalue weighted by molar-refractivity contribution is -0.139. The van der Waals surface area contributed by atoms with E-state index >= 15 is 0 Å². The standard InChI is InChI=1S/C18H26N2O3/c1-19(9-4-12-21)15-7-10-20(11-8-15)18(22)17-13-14-5-2-3-6-16(14)23-17/h2-3,5-6,15,17,21H,4,7-13H2,1H3. The number of nitrogens with zero attached hydrogens (tertiary/aromatic N) is 2. The first-order valence-corrected chi connectivity index (χ1v) is 8.53. The number of likely N-dealkylation sites (tertiary alicyclic amines) is 1. The van der Waals surface area contributed by atoms with Crippen LogP contribution in [0.4, 0.5) is 0 Å². The van der Waals surface area contributed by atoms with Crippen LogP contribution in [0.25, 0.3) is 0 Å². The molecule has 1 fully saturated rings. The molecule has 1 unspecified atom stereocenters. The van der Waals surface area contributed by atoms with Crippen LogP contribution >= 0.6 is 0 Å². The summed E-state index contributed by atoms with van der Waals surface area (Å²) in [6.07, 6.45) is 3.13. The Kier molecular flexibility index (Phi) is 5.18. The highest BCUT2D eigenvalue weighted by Gasteiger charge is 2.34. The van der Waals surface area contributed by atoms with Crippen LogP contribution in [0, 0.1) is 0 Å². The Morgan fingerprint density at radius 3 is 2.78 bits per heavy atom. The largest absolute Gasteiger partial charge is 0.480 e. The first kappa shape index (κ1) is 16.3. The van der Waals surface area contributed by atoms with E-state index in [9.17, 15) is 4.79 Å². The van der Waals surface area contributed by atoms with E-state index in [2.05, 4.69) is 11.9 Å². The van der Waals surface area contributed by atoms with Crippen molar-refractivity contribution in [3.8, 4) is 5.75 Å².